The molecule has 2 aliphatic heterocycles. The number of carbonyl (C=O) groups is 2. The smallest absolute Gasteiger partial charge is 0.354 e. The first-order valence-electron chi connectivity index (χ1n) is 7.09. The number of phenols is 1. The molecule has 23 heavy (non-hydrogen) atoms. The minimum atomic E-state index is -1.96. The summed E-state index contributed by atoms with van der Waals surface area (Å²) in [5.74, 6) is -2.46. The number of rotatable bonds is 3. The van der Waals surface area contributed by atoms with Gasteiger partial charge >= 0.3 is 11.9 Å². The van der Waals surface area contributed by atoms with Gasteiger partial charge in [0.1, 0.15) is 18.0 Å². The summed E-state index contributed by atoms with van der Waals surface area (Å²) in [6.45, 7) is -0.719. The van der Waals surface area contributed by atoms with Crippen LogP contribution in [0, 0.1) is 0 Å². The molecule has 2 saturated heterocycles. The normalized spacial score (nSPS) is 34.5. The molecule has 8 nitrogen and oxygen atoms in total. The third-order valence-electron chi connectivity index (χ3n) is 4.35. The second kappa shape index (κ2) is 5.48. The Morgan fingerprint density at radius 2 is 1.91 bits per heavy atom. The molecule has 5 atom stereocenters. The van der Waals surface area contributed by atoms with E-state index in [1.807, 2.05) is 0 Å². The van der Waals surface area contributed by atoms with E-state index in [9.17, 15) is 24.9 Å². The summed E-state index contributed by atoms with van der Waals surface area (Å²) in [6.07, 6.45) is -4.66. The average molecular weight is 324 g/mol. The molecule has 0 aliphatic carbocycles. The van der Waals surface area contributed by atoms with Crippen LogP contribution in [0.4, 0.5) is 0 Å². The Labute approximate surface area is 130 Å². The molecule has 4 N–H and O–H groups in total. The molecular formula is C15H16O8. The van der Waals surface area contributed by atoms with Crippen molar-refractivity contribution in [1.82, 2.24) is 0 Å². The number of carbonyl (C=O) groups excluding carboxylic acids is 2. The van der Waals surface area contributed by atoms with Gasteiger partial charge in [-0.2, -0.15) is 0 Å². The van der Waals surface area contributed by atoms with Gasteiger partial charge in [-0.3, -0.25) is 4.79 Å². The van der Waals surface area contributed by atoms with Gasteiger partial charge in [0, 0.05) is 5.92 Å². The van der Waals surface area contributed by atoms with Crippen LogP contribution in [0.3, 0.4) is 0 Å². The van der Waals surface area contributed by atoms with Crippen LogP contribution < -0.4 is 0 Å². The molecule has 0 aromatic heterocycles. The summed E-state index contributed by atoms with van der Waals surface area (Å²) in [4.78, 5) is 24.1. The Hall–Kier alpha value is -2.16. The fourth-order valence-corrected chi connectivity index (χ4v) is 3.18. The zero-order valence-corrected chi connectivity index (χ0v) is 12.0. The van der Waals surface area contributed by atoms with Crippen LogP contribution in [0.2, 0.25) is 0 Å². The molecule has 1 aromatic rings. The van der Waals surface area contributed by atoms with Gasteiger partial charge in [-0.05, 0) is 17.7 Å². The van der Waals surface area contributed by atoms with Gasteiger partial charge in [-0.1, -0.05) is 12.1 Å². The number of hydrogen-bond acceptors (Lipinski definition) is 8. The van der Waals surface area contributed by atoms with E-state index in [0.29, 0.717) is 5.56 Å². The van der Waals surface area contributed by atoms with E-state index in [2.05, 4.69) is 0 Å². The van der Waals surface area contributed by atoms with Crippen LogP contribution in [-0.2, 0) is 19.1 Å². The molecule has 2 fully saturated rings. The average Bonchev–Trinajstić information content (AvgIpc) is 3.01. The van der Waals surface area contributed by atoms with Crippen molar-refractivity contribution in [2.24, 2.45) is 0 Å². The van der Waals surface area contributed by atoms with Crippen LogP contribution in [-0.4, -0.2) is 62.9 Å². The molecule has 2 aliphatic rings. The third-order valence-corrected chi connectivity index (χ3v) is 4.35. The maximum absolute atomic E-state index is 12.3. The van der Waals surface area contributed by atoms with Crippen LogP contribution in [0.5, 0.6) is 5.75 Å². The Morgan fingerprint density at radius 1 is 1.26 bits per heavy atom. The zero-order chi connectivity index (χ0) is 16.8. The van der Waals surface area contributed by atoms with E-state index in [0.717, 1.165) is 0 Å². The lowest BCUT2D eigenvalue weighted by atomic mass is 9.77. The van der Waals surface area contributed by atoms with Gasteiger partial charge in [-0.25, -0.2) is 4.79 Å². The Bertz CT molecular complexity index is 627. The lowest BCUT2D eigenvalue weighted by Crippen LogP contribution is -2.52. The highest BCUT2D eigenvalue weighted by atomic mass is 16.6. The second-order valence-electron chi connectivity index (χ2n) is 5.68. The number of cyclic esters (lactones) is 1. The zero-order valence-electron chi connectivity index (χ0n) is 12.0. The monoisotopic (exact) mass is 324 g/mol. The molecule has 2 unspecified atom stereocenters. The van der Waals surface area contributed by atoms with Crippen LogP contribution in [0.15, 0.2) is 24.3 Å². The maximum atomic E-state index is 12.3. The van der Waals surface area contributed by atoms with Crippen molar-refractivity contribution in [1.29, 1.82) is 0 Å². The topological polar surface area (TPSA) is 134 Å². The number of phenolic OH excluding ortho intramolecular Hbond substituents is 1. The summed E-state index contributed by atoms with van der Waals surface area (Å²) in [5, 5.41) is 38.5. The molecular weight excluding hydrogens is 308 g/mol. The number of aliphatic hydroxyl groups excluding tert-OH is 3. The van der Waals surface area contributed by atoms with Crippen LogP contribution in [0.1, 0.15) is 17.9 Å². The van der Waals surface area contributed by atoms with E-state index in [-0.39, 0.29) is 12.2 Å². The number of esters is 2. The third kappa shape index (κ3) is 2.26. The van der Waals surface area contributed by atoms with E-state index >= 15 is 0 Å². The van der Waals surface area contributed by atoms with Crippen molar-refractivity contribution >= 4 is 11.9 Å². The minimum Gasteiger partial charge on any atom is -0.508 e. The van der Waals surface area contributed by atoms with Crippen molar-refractivity contribution in [2.75, 3.05) is 6.61 Å². The van der Waals surface area contributed by atoms with E-state index in [4.69, 9.17) is 14.6 Å². The second-order valence-corrected chi connectivity index (χ2v) is 5.68. The highest BCUT2D eigenvalue weighted by Crippen LogP contribution is 2.48. The molecule has 3 rings (SSSR count). The first kappa shape index (κ1) is 15.7. The van der Waals surface area contributed by atoms with Crippen molar-refractivity contribution in [3.63, 3.8) is 0 Å². The standard InChI is InChI=1S/C15H16O8/c16-6-10(18)12-13(20)15(14(21)22-12)9(5-11(19)23-15)7-1-3-8(17)4-2-7/h1-4,9-10,12-13,16-18,20H,5-6H2/t9-,10-,12?,13+,15?/m0/s1. The molecule has 0 bridgehead atoms. The number of benzene rings is 1. The summed E-state index contributed by atoms with van der Waals surface area (Å²) < 4.78 is 10.1. The van der Waals surface area contributed by atoms with Crippen LogP contribution >= 0.6 is 0 Å². The molecule has 0 radical (unpaired) electrons. The van der Waals surface area contributed by atoms with Crippen molar-refractivity contribution in [3.05, 3.63) is 29.8 Å². The number of ether oxygens (including phenoxy) is 2. The molecule has 0 amide bonds. The van der Waals surface area contributed by atoms with Crippen LogP contribution in [0.25, 0.3) is 0 Å². The molecule has 1 spiro atoms. The Morgan fingerprint density at radius 3 is 2.52 bits per heavy atom. The molecule has 2 heterocycles. The summed E-state index contributed by atoms with van der Waals surface area (Å²) in [7, 11) is 0. The van der Waals surface area contributed by atoms with Gasteiger partial charge in [0.15, 0.2) is 6.10 Å². The van der Waals surface area contributed by atoms with Gasteiger partial charge in [0.05, 0.1) is 13.0 Å². The minimum absolute atomic E-state index is 0.0103. The van der Waals surface area contributed by atoms with Crippen molar-refractivity contribution in [2.45, 2.75) is 36.3 Å². The van der Waals surface area contributed by atoms with E-state index in [1.165, 1.54) is 24.3 Å². The quantitative estimate of drug-likeness (QED) is 0.510. The lowest BCUT2D eigenvalue weighted by Gasteiger charge is -2.29. The number of aromatic hydroxyl groups is 1. The van der Waals surface area contributed by atoms with Gasteiger partial charge in [0.25, 0.3) is 0 Å². The SMILES string of the molecule is O=C1C[C@@H](c2ccc(O)cc2)C2(O1)C(=O)OC([C@@H](O)CO)[C@H]2O. The first-order chi connectivity index (χ1) is 10.9. The first-order valence-corrected chi connectivity index (χ1v) is 7.09. The number of hydrogen-bond donors (Lipinski definition) is 4. The fraction of sp³-hybridized carbons (Fsp3) is 0.467. The summed E-state index contributed by atoms with van der Waals surface area (Å²) in [6, 6.07) is 5.80. The van der Waals surface area contributed by atoms with E-state index in [1.54, 1.807) is 0 Å². The summed E-state index contributed by atoms with van der Waals surface area (Å²) in [5.41, 5.74) is -1.46. The molecule has 124 valence electrons. The van der Waals surface area contributed by atoms with Gasteiger partial charge < -0.3 is 29.9 Å². The highest BCUT2D eigenvalue weighted by molar-refractivity contribution is 5.91. The van der Waals surface area contributed by atoms with Crippen molar-refractivity contribution < 1.29 is 39.5 Å². The van der Waals surface area contributed by atoms with Crippen molar-refractivity contribution in [3.8, 4) is 5.75 Å². The molecule has 8 heteroatoms. The number of aliphatic hydroxyl groups is 3. The molecule has 0 saturated carbocycles. The predicted molar refractivity (Wildman–Crippen MR) is 73.3 cm³/mol. The predicted octanol–water partition coefficient (Wildman–Crippen LogP) is -1.20. The van der Waals surface area contributed by atoms with E-state index < -0.39 is 48.4 Å². The maximum Gasteiger partial charge on any atom is 0.354 e. The lowest BCUT2D eigenvalue weighted by molar-refractivity contribution is -0.169. The Kier molecular flexibility index (Phi) is 3.75. The summed E-state index contributed by atoms with van der Waals surface area (Å²) >= 11 is 0. The highest BCUT2D eigenvalue weighted by Gasteiger charge is 2.69. The van der Waals surface area contributed by atoms with Gasteiger partial charge in [0.2, 0.25) is 5.60 Å². The Balaban J connectivity index is 2.02. The largest absolute Gasteiger partial charge is 0.508 e. The molecule has 1 aromatic carbocycles. The van der Waals surface area contributed by atoms with Gasteiger partial charge in [-0.15, -0.1) is 0 Å². The fourth-order valence-electron chi connectivity index (χ4n) is 3.18.